The molecule has 1 aromatic carbocycles. The fourth-order valence-electron chi connectivity index (χ4n) is 4.75. The second-order valence-electron chi connectivity index (χ2n) is 8.70. The third-order valence-electron chi connectivity index (χ3n) is 6.26. The van der Waals surface area contributed by atoms with Gasteiger partial charge in [-0.25, -0.2) is 4.98 Å². The van der Waals surface area contributed by atoms with Crippen molar-refractivity contribution >= 4 is 28.5 Å². The average molecular weight is 446 g/mol. The van der Waals surface area contributed by atoms with E-state index >= 15 is 0 Å². The van der Waals surface area contributed by atoms with E-state index in [-0.39, 0.29) is 12.4 Å². The fourth-order valence-corrected chi connectivity index (χ4v) is 4.75. The monoisotopic (exact) mass is 445 g/mol. The maximum absolute atomic E-state index is 12.2. The molecular formula is C26H31N5O2. The Kier molecular flexibility index (Phi) is 6.66. The van der Waals surface area contributed by atoms with Crippen molar-refractivity contribution in [2.24, 2.45) is 0 Å². The molecule has 1 aliphatic heterocycles. The molecule has 3 aromatic rings. The van der Waals surface area contributed by atoms with Gasteiger partial charge in [0.15, 0.2) is 5.65 Å². The summed E-state index contributed by atoms with van der Waals surface area (Å²) in [7, 11) is 0. The molecule has 0 N–H and O–H groups in total. The SMILES string of the molecule is C=C(C)CN1CCN(c2c(CCC(=O)OCC)c(C)c(C#N)c3nc4ccccc4n23)CC1. The standard InChI is InChI=1S/C26H31N5O2/c1-5-33-24(32)11-10-20-19(4)21(16-27)25-28-22-8-6-7-9-23(22)31(25)26(20)30-14-12-29(13-15-30)17-18(2)3/h6-9H,2,5,10-15,17H2,1,3-4H3. The summed E-state index contributed by atoms with van der Waals surface area (Å²) in [6.07, 6.45) is 0.795. The van der Waals surface area contributed by atoms with Crippen LogP contribution >= 0.6 is 0 Å². The van der Waals surface area contributed by atoms with Crippen molar-refractivity contribution < 1.29 is 9.53 Å². The summed E-state index contributed by atoms with van der Waals surface area (Å²) in [5, 5.41) is 10.0. The zero-order valence-corrected chi connectivity index (χ0v) is 19.7. The number of aromatic nitrogens is 2. The number of para-hydroxylation sites is 2. The molecule has 0 atom stereocenters. The van der Waals surface area contributed by atoms with Crippen molar-refractivity contribution in [1.82, 2.24) is 14.3 Å². The third kappa shape index (κ3) is 4.44. The number of carbonyl (C=O) groups excluding carboxylic acids is 1. The minimum absolute atomic E-state index is 0.219. The smallest absolute Gasteiger partial charge is 0.306 e. The van der Waals surface area contributed by atoms with Crippen molar-refractivity contribution in [3.05, 3.63) is 53.1 Å². The molecule has 7 heteroatoms. The van der Waals surface area contributed by atoms with Crippen LogP contribution in [0.1, 0.15) is 37.0 Å². The van der Waals surface area contributed by atoms with Gasteiger partial charge in [0, 0.05) is 39.1 Å². The predicted molar refractivity (Wildman–Crippen MR) is 131 cm³/mol. The van der Waals surface area contributed by atoms with E-state index in [0.29, 0.717) is 24.2 Å². The zero-order valence-electron chi connectivity index (χ0n) is 19.7. The number of piperazine rings is 1. The Morgan fingerprint density at radius 2 is 1.97 bits per heavy atom. The van der Waals surface area contributed by atoms with E-state index in [1.807, 2.05) is 38.1 Å². The van der Waals surface area contributed by atoms with Crippen molar-refractivity contribution in [3.8, 4) is 6.07 Å². The van der Waals surface area contributed by atoms with Crippen molar-refractivity contribution in [2.45, 2.75) is 33.6 Å². The van der Waals surface area contributed by atoms with Gasteiger partial charge in [0.25, 0.3) is 0 Å². The van der Waals surface area contributed by atoms with Gasteiger partial charge in [0.05, 0.1) is 23.2 Å². The van der Waals surface area contributed by atoms with Gasteiger partial charge >= 0.3 is 5.97 Å². The summed E-state index contributed by atoms with van der Waals surface area (Å²) in [5.41, 5.74) is 6.15. The van der Waals surface area contributed by atoms with Gasteiger partial charge in [-0.2, -0.15) is 5.26 Å². The number of esters is 1. The summed E-state index contributed by atoms with van der Waals surface area (Å²) in [6.45, 7) is 14.7. The first kappa shape index (κ1) is 22.8. The fraction of sp³-hybridized carbons (Fsp3) is 0.423. The summed E-state index contributed by atoms with van der Waals surface area (Å²) in [5.74, 6) is 0.817. The van der Waals surface area contributed by atoms with Crippen LogP contribution in [0.3, 0.4) is 0 Å². The number of pyridine rings is 1. The Balaban J connectivity index is 1.86. The van der Waals surface area contributed by atoms with E-state index in [9.17, 15) is 10.1 Å². The van der Waals surface area contributed by atoms with Gasteiger partial charge in [-0.3, -0.25) is 14.1 Å². The normalized spacial score (nSPS) is 14.5. The topological polar surface area (TPSA) is 73.9 Å². The Labute approximate surface area is 194 Å². The molecule has 4 rings (SSSR count). The lowest BCUT2D eigenvalue weighted by molar-refractivity contribution is -0.143. The van der Waals surface area contributed by atoms with E-state index in [4.69, 9.17) is 9.72 Å². The summed E-state index contributed by atoms with van der Waals surface area (Å²) in [4.78, 5) is 21.8. The van der Waals surface area contributed by atoms with Crippen molar-refractivity contribution in [1.29, 1.82) is 5.26 Å². The summed E-state index contributed by atoms with van der Waals surface area (Å²) in [6, 6.07) is 10.4. The molecule has 33 heavy (non-hydrogen) atoms. The van der Waals surface area contributed by atoms with Gasteiger partial charge in [-0.15, -0.1) is 0 Å². The lowest BCUT2D eigenvalue weighted by Crippen LogP contribution is -2.47. The van der Waals surface area contributed by atoms with Crippen LogP contribution in [0.4, 0.5) is 5.82 Å². The summed E-state index contributed by atoms with van der Waals surface area (Å²) < 4.78 is 7.31. The number of ether oxygens (including phenoxy) is 1. The molecule has 2 aromatic heterocycles. The first-order valence-electron chi connectivity index (χ1n) is 11.5. The van der Waals surface area contributed by atoms with E-state index in [1.165, 1.54) is 0 Å². The lowest BCUT2D eigenvalue weighted by Gasteiger charge is -2.38. The van der Waals surface area contributed by atoms with Crippen LogP contribution in [-0.4, -0.2) is 59.6 Å². The van der Waals surface area contributed by atoms with E-state index in [2.05, 4.69) is 33.8 Å². The Morgan fingerprint density at radius 3 is 2.64 bits per heavy atom. The van der Waals surface area contributed by atoms with Crippen molar-refractivity contribution in [3.63, 3.8) is 0 Å². The molecule has 1 fully saturated rings. The van der Waals surface area contributed by atoms with Crippen LogP contribution < -0.4 is 4.90 Å². The number of carbonyl (C=O) groups is 1. The van der Waals surface area contributed by atoms with Gasteiger partial charge in [-0.1, -0.05) is 24.3 Å². The van der Waals surface area contributed by atoms with Crippen LogP contribution in [0, 0.1) is 18.3 Å². The lowest BCUT2D eigenvalue weighted by atomic mass is 9.99. The molecule has 0 saturated carbocycles. The first-order valence-corrected chi connectivity index (χ1v) is 11.5. The van der Waals surface area contributed by atoms with E-state index in [0.717, 1.165) is 66.3 Å². The minimum Gasteiger partial charge on any atom is -0.466 e. The van der Waals surface area contributed by atoms with Crippen molar-refractivity contribution in [2.75, 3.05) is 44.2 Å². The summed E-state index contributed by atoms with van der Waals surface area (Å²) >= 11 is 0. The highest BCUT2D eigenvalue weighted by Crippen LogP contribution is 2.34. The second-order valence-corrected chi connectivity index (χ2v) is 8.70. The molecule has 0 radical (unpaired) electrons. The van der Waals surface area contributed by atoms with Gasteiger partial charge in [0.2, 0.25) is 0 Å². The van der Waals surface area contributed by atoms with Crippen LogP contribution in [0.5, 0.6) is 0 Å². The number of fused-ring (bicyclic) bond motifs is 3. The Bertz CT molecular complexity index is 1250. The molecule has 0 unspecified atom stereocenters. The molecule has 0 aliphatic carbocycles. The number of hydrogen-bond donors (Lipinski definition) is 0. The number of imidazole rings is 1. The Morgan fingerprint density at radius 1 is 1.24 bits per heavy atom. The third-order valence-corrected chi connectivity index (χ3v) is 6.26. The molecule has 0 amide bonds. The Hall–Kier alpha value is -3.37. The minimum atomic E-state index is -0.219. The molecule has 172 valence electrons. The number of hydrogen-bond acceptors (Lipinski definition) is 6. The molecule has 0 bridgehead atoms. The van der Waals surface area contributed by atoms with Gasteiger partial charge in [-0.05, 0) is 50.5 Å². The molecule has 7 nitrogen and oxygen atoms in total. The highest BCUT2D eigenvalue weighted by Gasteiger charge is 2.27. The highest BCUT2D eigenvalue weighted by atomic mass is 16.5. The highest BCUT2D eigenvalue weighted by molar-refractivity contribution is 5.86. The number of nitrogens with zero attached hydrogens (tertiary/aromatic N) is 5. The molecule has 0 spiro atoms. The zero-order chi connectivity index (χ0) is 23.5. The van der Waals surface area contributed by atoms with Gasteiger partial charge < -0.3 is 9.64 Å². The number of rotatable bonds is 7. The predicted octanol–water partition coefficient (Wildman–Crippen LogP) is 3.86. The molecule has 1 saturated heterocycles. The molecule has 1 aliphatic rings. The van der Waals surface area contributed by atoms with Crippen LogP contribution in [0.2, 0.25) is 0 Å². The largest absolute Gasteiger partial charge is 0.466 e. The molecule has 3 heterocycles. The van der Waals surface area contributed by atoms with Gasteiger partial charge in [0.1, 0.15) is 11.9 Å². The van der Waals surface area contributed by atoms with E-state index < -0.39 is 0 Å². The van der Waals surface area contributed by atoms with Crippen LogP contribution in [0.25, 0.3) is 16.7 Å². The maximum atomic E-state index is 12.2. The maximum Gasteiger partial charge on any atom is 0.306 e. The van der Waals surface area contributed by atoms with Crippen LogP contribution in [-0.2, 0) is 16.0 Å². The van der Waals surface area contributed by atoms with E-state index in [1.54, 1.807) is 0 Å². The van der Waals surface area contributed by atoms with Crippen LogP contribution in [0.15, 0.2) is 36.4 Å². The second kappa shape index (κ2) is 9.63. The average Bonchev–Trinajstić information content (AvgIpc) is 3.17. The quantitative estimate of drug-likeness (QED) is 0.406. The number of nitriles is 1. The number of benzene rings is 1. The number of anilines is 1. The molecular weight excluding hydrogens is 414 g/mol. The first-order chi connectivity index (χ1) is 15.9.